The second kappa shape index (κ2) is 5.20. The second-order valence-corrected chi connectivity index (χ2v) is 4.54. The van der Waals surface area contributed by atoms with Crippen LogP contribution in [-0.4, -0.2) is 54.6 Å². The van der Waals surface area contributed by atoms with Crippen LogP contribution in [0.5, 0.6) is 0 Å². The zero-order valence-electron chi connectivity index (χ0n) is 10.3. The molecule has 0 saturated carbocycles. The van der Waals surface area contributed by atoms with Gasteiger partial charge >= 0.3 is 0 Å². The molecule has 0 aromatic carbocycles. The number of rotatable bonds is 2. The average Bonchev–Trinajstić information content (AvgIpc) is 2.96. The molecule has 3 heterocycles. The van der Waals surface area contributed by atoms with Crippen LogP contribution in [-0.2, 0) is 18.9 Å². The topological polar surface area (TPSA) is 90.5 Å². The Kier molecular flexibility index (Phi) is 3.57. The number of fused-ring (bicyclic) bond motifs is 1. The molecule has 1 aromatic heterocycles. The highest BCUT2D eigenvalue weighted by Crippen LogP contribution is 2.34. The number of aliphatic hydroxyl groups is 2. The molecule has 7 nitrogen and oxygen atoms in total. The fraction of sp³-hybridized carbons (Fsp3) is 0.667. The lowest BCUT2D eigenvalue weighted by Gasteiger charge is -2.45. The standard InChI is InChI=1S/C12H16O7/c1-15-12-9(14)8(13)10-7(18-12)5-17-11(19-10)6-3-2-4-16-6/h2-4,7-14H,5H2,1H3/t7-,8-,9-,10-,11-,12+/m1/s1. The highest BCUT2D eigenvalue weighted by atomic mass is 16.8. The molecule has 0 amide bonds. The van der Waals surface area contributed by atoms with Crippen molar-refractivity contribution in [2.45, 2.75) is 37.0 Å². The summed E-state index contributed by atoms with van der Waals surface area (Å²) in [6.07, 6.45) is -3.53. The summed E-state index contributed by atoms with van der Waals surface area (Å²) >= 11 is 0. The zero-order chi connectivity index (χ0) is 13.4. The average molecular weight is 272 g/mol. The molecule has 0 aliphatic carbocycles. The van der Waals surface area contributed by atoms with Crippen LogP contribution in [0, 0.1) is 0 Å². The molecule has 1 aromatic rings. The first-order valence-corrected chi connectivity index (χ1v) is 6.05. The van der Waals surface area contributed by atoms with Crippen molar-refractivity contribution in [3.05, 3.63) is 24.2 Å². The van der Waals surface area contributed by atoms with Crippen LogP contribution in [0.1, 0.15) is 12.1 Å². The summed E-state index contributed by atoms with van der Waals surface area (Å²) in [4.78, 5) is 0. The van der Waals surface area contributed by atoms with Crippen molar-refractivity contribution >= 4 is 0 Å². The molecular weight excluding hydrogens is 256 g/mol. The Hall–Kier alpha value is -0.960. The van der Waals surface area contributed by atoms with E-state index in [4.69, 9.17) is 23.4 Å². The number of furan rings is 1. The quantitative estimate of drug-likeness (QED) is 0.769. The molecule has 2 N–H and O–H groups in total. The molecular formula is C12H16O7. The van der Waals surface area contributed by atoms with E-state index in [-0.39, 0.29) is 6.61 Å². The van der Waals surface area contributed by atoms with E-state index in [1.54, 1.807) is 12.1 Å². The summed E-state index contributed by atoms with van der Waals surface area (Å²) in [7, 11) is 1.40. The lowest BCUT2D eigenvalue weighted by Crippen LogP contribution is -2.62. The van der Waals surface area contributed by atoms with E-state index in [1.807, 2.05) is 0 Å². The smallest absolute Gasteiger partial charge is 0.217 e. The molecule has 7 heteroatoms. The van der Waals surface area contributed by atoms with Gasteiger partial charge in [0.1, 0.15) is 24.4 Å². The molecule has 3 rings (SSSR count). The van der Waals surface area contributed by atoms with Gasteiger partial charge < -0.3 is 33.6 Å². The van der Waals surface area contributed by atoms with E-state index in [9.17, 15) is 10.2 Å². The molecule has 2 saturated heterocycles. The molecule has 0 bridgehead atoms. The third kappa shape index (κ3) is 2.29. The minimum absolute atomic E-state index is 0.222. The largest absolute Gasteiger partial charge is 0.464 e. The zero-order valence-corrected chi connectivity index (χ0v) is 10.3. The van der Waals surface area contributed by atoms with Gasteiger partial charge in [-0.1, -0.05) is 0 Å². The van der Waals surface area contributed by atoms with Crippen LogP contribution in [0.2, 0.25) is 0 Å². The van der Waals surface area contributed by atoms with Gasteiger partial charge in [-0.2, -0.15) is 0 Å². The molecule has 2 aliphatic rings. The first-order valence-electron chi connectivity index (χ1n) is 6.05. The number of aliphatic hydroxyl groups excluding tert-OH is 2. The minimum atomic E-state index is -1.17. The van der Waals surface area contributed by atoms with Crippen molar-refractivity contribution in [2.24, 2.45) is 0 Å². The van der Waals surface area contributed by atoms with E-state index in [0.29, 0.717) is 5.76 Å². The van der Waals surface area contributed by atoms with Gasteiger partial charge in [0.15, 0.2) is 12.1 Å². The number of methoxy groups -OCH3 is 1. The molecule has 2 aliphatic heterocycles. The highest BCUT2D eigenvalue weighted by Gasteiger charge is 2.49. The van der Waals surface area contributed by atoms with Crippen LogP contribution in [0.15, 0.2) is 22.8 Å². The number of hydrogen-bond donors (Lipinski definition) is 2. The normalized spacial score (nSPS) is 42.9. The maximum atomic E-state index is 10.1. The molecule has 2 fully saturated rings. The first-order chi connectivity index (χ1) is 9.20. The highest BCUT2D eigenvalue weighted by molar-refractivity contribution is 5.02. The Bertz CT molecular complexity index is 404. The Morgan fingerprint density at radius 1 is 1.26 bits per heavy atom. The molecule has 0 spiro atoms. The van der Waals surface area contributed by atoms with Crippen molar-refractivity contribution in [3.63, 3.8) is 0 Å². The summed E-state index contributed by atoms with van der Waals surface area (Å²) in [5.74, 6) is 0.508. The van der Waals surface area contributed by atoms with E-state index in [0.717, 1.165) is 0 Å². The molecule has 0 unspecified atom stereocenters. The summed E-state index contributed by atoms with van der Waals surface area (Å²) in [6.45, 7) is 0.222. The van der Waals surface area contributed by atoms with Gasteiger partial charge in [0, 0.05) is 7.11 Å². The molecule has 0 radical (unpaired) electrons. The second-order valence-electron chi connectivity index (χ2n) is 4.54. The Labute approximate surface area is 109 Å². The minimum Gasteiger partial charge on any atom is -0.464 e. The third-order valence-electron chi connectivity index (χ3n) is 3.34. The summed E-state index contributed by atoms with van der Waals surface area (Å²) in [5.41, 5.74) is 0. The molecule has 19 heavy (non-hydrogen) atoms. The fourth-order valence-corrected chi connectivity index (χ4v) is 2.34. The first kappa shape index (κ1) is 13.0. The number of hydrogen-bond acceptors (Lipinski definition) is 7. The van der Waals surface area contributed by atoms with Crippen LogP contribution in [0.4, 0.5) is 0 Å². The van der Waals surface area contributed by atoms with Crippen molar-refractivity contribution in [1.29, 1.82) is 0 Å². The molecule has 6 atom stereocenters. The van der Waals surface area contributed by atoms with E-state index >= 15 is 0 Å². The van der Waals surface area contributed by atoms with Crippen LogP contribution in [0.25, 0.3) is 0 Å². The fourth-order valence-electron chi connectivity index (χ4n) is 2.34. The van der Waals surface area contributed by atoms with Crippen LogP contribution in [0.3, 0.4) is 0 Å². The van der Waals surface area contributed by atoms with Gasteiger partial charge in [-0.25, -0.2) is 0 Å². The third-order valence-corrected chi connectivity index (χ3v) is 3.34. The van der Waals surface area contributed by atoms with Crippen molar-refractivity contribution < 1.29 is 33.6 Å². The van der Waals surface area contributed by atoms with Gasteiger partial charge in [-0.3, -0.25) is 0 Å². The van der Waals surface area contributed by atoms with Crippen molar-refractivity contribution in [1.82, 2.24) is 0 Å². The van der Waals surface area contributed by atoms with Crippen molar-refractivity contribution in [3.8, 4) is 0 Å². The van der Waals surface area contributed by atoms with Gasteiger partial charge in [0.25, 0.3) is 0 Å². The maximum Gasteiger partial charge on any atom is 0.217 e. The van der Waals surface area contributed by atoms with Gasteiger partial charge in [0.2, 0.25) is 6.29 Å². The van der Waals surface area contributed by atoms with Gasteiger partial charge in [-0.05, 0) is 12.1 Å². The summed E-state index contributed by atoms with van der Waals surface area (Å²) in [6, 6.07) is 3.44. The van der Waals surface area contributed by atoms with Gasteiger partial charge in [0.05, 0.1) is 12.9 Å². The number of ether oxygens (including phenoxy) is 4. The van der Waals surface area contributed by atoms with Crippen LogP contribution < -0.4 is 0 Å². The van der Waals surface area contributed by atoms with E-state index in [1.165, 1.54) is 13.4 Å². The maximum absolute atomic E-state index is 10.1. The van der Waals surface area contributed by atoms with Crippen molar-refractivity contribution in [2.75, 3.05) is 13.7 Å². The summed E-state index contributed by atoms with van der Waals surface area (Å²) < 4.78 is 26.7. The van der Waals surface area contributed by atoms with Gasteiger partial charge in [-0.15, -0.1) is 0 Å². The SMILES string of the molecule is CO[C@H]1O[C@@H]2CO[C@@H](c3ccco3)O[C@H]2[C@H](O)[C@H]1O. The predicted molar refractivity (Wildman–Crippen MR) is 60.0 cm³/mol. The van der Waals surface area contributed by atoms with E-state index in [2.05, 4.69) is 0 Å². The Morgan fingerprint density at radius 3 is 2.79 bits per heavy atom. The Morgan fingerprint density at radius 2 is 2.11 bits per heavy atom. The Balaban J connectivity index is 1.73. The van der Waals surface area contributed by atoms with Crippen LogP contribution >= 0.6 is 0 Å². The predicted octanol–water partition coefficient (Wildman–Crippen LogP) is -0.213. The van der Waals surface area contributed by atoms with E-state index < -0.39 is 37.0 Å². The molecule has 106 valence electrons. The lowest BCUT2D eigenvalue weighted by molar-refractivity contribution is -0.360. The summed E-state index contributed by atoms with van der Waals surface area (Å²) in [5, 5.41) is 19.9. The lowest BCUT2D eigenvalue weighted by atomic mass is 9.98. The monoisotopic (exact) mass is 272 g/mol.